The first kappa shape index (κ1) is 33.8. The number of anilines is 1. The Morgan fingerprint density at radius 1 is 1.10 bits per heavy atom. The number of nitrogens with zero attached hydrogens (tertiary/aromatic N) is 2. The van der Waals surface area contributed by atoms with E-state index < -0.39 is 38.1 Å². The fraction of sp³-hybridized carbons (Fsp3) is 0.552. The van der Waals surface area contributed by atoms with E-state index in [0.717, 1.165) is 19.1 Å². The number of carbonyl (C=O) groups is 1. The van der Waals surface area contributed by atoms with Crippen LogP contribution in [-0.2, 0) is 24.8 Å². The van der Waals surface area contributed by atoms with Gasteiger partial charge in [-0.2, -0.15) is 0 Å². The minimum atomic E-state index is -3.92. The molecule has 0 spiro atoms. The number of aliphatic hydroxyl groups excluding tert-OH is 1. The van der Waals surface area contributed by atoms with Crippen molar-refractivity contribution in [3.63, 3.8) is 0 Å². The zero-order valence-electron chi connectivity index (χ0n) is 24.9. The first-order chi connectivity index (χ1) is 19.7. The summed E-state index contributed by atoms with van der Waals surface area (Å²) in [4.78, 5) is 15.7. The molecule has 1 aliphatic rings. The van der Waals surface area contributed by atoms with Crippen molar-refractivity contribution in [3.8, 4) is 5.75 Å². The molecular formula is C29H43N3O8S2. The van der Waals surface area contributed by atoms with Crippen LogP contribution in [0.3, 0.4) is 0 Å². The number of rotatable bonds is 8. The SMILES string of the molecule is C[C@@H]1CCCCO[C@@H](CN(C)S(C)(=O)=O)[C@H](C)CN([C@H](C)CO)C(=O)c2cc(NS(=O)(=O)c3ccccc3)ccc2O1. The van der Waals surface area contributed by atoms with Crippen LogP contribution in [0.1, 0.15) is 50.4 Å². The van der Waals surface area contributed by atoms with Gasteiger partial charge in [0.25, 0.3) is 15.9 Å². The molecule has 234 valence electrons. The first-order valence-electron chi connectivity index (χ1n) is 14.1. The lowest BCUT2D eigenvalue weighted by atomic mass is 10.0. The van der Waals surface area contributed by atoms with Gasteiger partial charge >= 0.3 is 0 Å². The Bertz CT molecular complexity index is 1400. The van der Waals surface area contributed by atoms with Gasteiger partial charge < -0.3 is 19.5 Å². The Hall–Kier alpha value is -2.71. The summed E-state index contributed by atoms with van der Waals surface area (Å²) < 4.78 is 66.4. The lowest BCUT2D eigenvalue weighted by Gasteiger charge is -2.35. The molecule has 11 nitrogen and oxygen atoms in total. The smallest absolute Gasteiger partial charge is 0.261 e. The molecule has 0 aromatic heterocycles. The molecule has 2 aromatic carbocycles. The molecule has 4 atom stereocenters. The highest BCUT2D eigenvalue weighted by atomic mass is 32.2. The Balaban J connectivity index is 2.02. The number of hydrogen-bond donors (Lipinski definition) is 2. The van der Waals surface area contributed by atoms with Crippen LogP contribution < -0.4 is 9.46 Å². The fourth-order valence-corrected chi connectivity index (χ4v) is 6.14. The highest BCUT2D eigenvalue weighted by Gasteiger charge is 2.31. The van der Waals surface area contributed by atoms with Gasteiger partial charge in [-0.05, 0) is 63.4 Å². The Morgan fingerprint density at radius 2 is 1.79 bits per heavy atom. The second kappa shape index (κ2) is 14.6. The summed E-state index contributed by atoms with van der Waals surface area (Å²) in [5.41, 5.74) is 0.328. The van der Waals surface area contributed by atoms with E-state index >= 15 is 0 Å². The summed E-state index contributed by atoms with van der Waals surface area (Å²) in [6.45, 7) is 5.84. The van der Waals surface area contributed by atoms with Gasteiger partial charge in [-0.3, -0.25) is 9.52 Å². The Morgan fingerprint density at radius 3 is 2.43 bits per heavy atom. The minimum Gasteiger partial charge on any atom is -0.490 e. The van der Waals surface area contributed by atoms with E-state index in [1.54, 1.807) is 37.3 Å². The minimum absolute atomic E-state index is 0.0794. The summed E-state index contributed by atoms with van der Waals surface area (Å²) in [6, 6.07) is 11.9. The lowest BCUT2D eigenvalue weighted by molar-refractivity contribution is -0.00828. The van der Waals surface area contributed by atoms with Crippen LogP contribution in [0, 0.1) is 5.92 Å². The van der Waals surface area contributed by atoms with E-state index in [1.807, 2.05) is 13.8 Å². The Labute approximate surface area is 249 Å². The van der Waals surface area contributed by atoms with Crippen LogP contribution >= 0.6 is 0 Å². The number of aliphatic hydroxyl groups is 1. The number of likely N-dealkylation sites (N-methyl/N-ethyl adjacent to an activating group) is 1. The van der Waals surface area contributed by atoms with Gasteiger partial charge in [0.15, 0.2) is 0 Å². The van der Waals surface area contributed by atoms with E-state index in [9.17, 15) is 26.7 Å². The third kappa shape index (κ3) is 9.14. The maximum absolute atomic E-state index is 14.1. The molecule has 3 rings (SSSR count). The third-order valence-electron chi connectivity index (χ3n) is 7.36. The number of amides is 1. The van der Waals surface area contributed by atoms with Gasteiger partial charge in [0, 0.05) is 38.3 Å². The summed E-state index contributed by atoms with van der Waals surface area (Å²) in [5, 5.41) is 10.1. The largest absolute Gasteiger partial charge is 0.490 e. The molecule has 2 aromatic rings. The topological polar surface area (TPSA) is 143 Å². The third-order valence-corrected chi connectivity index (χ3v) is 10.0. The molecule has 13 heteroatoms. The highest BCUT2D eigenvalue weighted by Crippen LogP contribution is 2.29. The van der Waals surface area contributed by atoms with Crippen LogP contribution in [-0.4, -0.2) is 94.9 Å². The molecule has 2 N–H and O–H groups in total. The number of hydrogen-bond acceptors (Lipinski definition) is 8. The first-order valence-corrected chi connectivity index (χ1v) is 17.4. The van der Waals surface area contributed by atoms with E-state index in [-0.39, 0.29) is 47.9 Å². The molecule has 0 aliphatic carbocycles. The van der Waals surface area contributed by atoms with Crippen LogP contribution in [0.5, 0.6) is 5.75 Å². The molecule has 0 bridgehead atoms. The predicted molar refractivity (Wildman–Crippen MR) is 162 cm³/mol. The number of sulfonamides is 2. The zero-order chi connectivity index (χ0) is 31.1. The van der Waals surface area contributed by atoms with Gasteiger partial charge in [-0.1, -0.05) is 25.1 Å². The maximum atomic E-state index is 14.1. The number of fused-ring (bicyclic) bond motifs is 1. The van der Waals surface area contributed by atoms with E-state index in [4.69, 9.17) is 9.47 Å². The van der Waals surface area contributed by atoms with Gasteiger partial charge in [0.05, 0.1) is 41.6 Å². The normalized spacial score (nSPS) is 22.1. The summed E-state index contributed by atoms with van der Waals surface area (Å²) in [7, 11) is -5.89. The monoisotopic (exact) mass is 625 g/mol. The van der Waals surface area contributed by atoms with Crippen molar-refractivity contribution in [2.75, 3.05) is 44.3 Å². The van der Waals surface area contributed by atoms with Crippen LogP contribution in [0.2, 0.25) is 0 Å². The van der Waals surface area contributed by atoms with Crippen molar-refractivity contribution in [3.05, 3.63) is 54.1 Å². The van der Waals surface area contributed by atoms with Gasteiger partial charge in [-0.25, -0.2) is 21.1 Å². The zero-order valence-corrected chi connectivity index (χ0v) is 26.5. The molecule has 0 saturated heterocycles. The maximum Gasteiger partial charge on any atom is 0.261 e. The summed E-state index contributed by atoms with van der Waals surface area (Å²) >= 11 is 0. The van der Waals surface area contributed by atoms with E-state index in [0.29, 0.717) is 18.8 Å². The van der Waals surface area contributed by atoms with Crippen molar-refractivity contribution in [2.45, 2.75) is 63.2 Å². The average molecular weight is 626 g/mol. The summed E-state index contributed by atoms with van der Waals surface area (Å²) in [5.74, 6) is -0.462. The predicted octanol–water partition coefficient (Wildman–Crippen LogP) is 3.17. The molecule has 1 aliphatic heterocycles. The van der Waals surface area contributed by atoms with E-state index in [2.05, 4.69) is 4.72 Å². The molecule has 42 heavy (non-hydrogen) atoms. The van der Waals surface area contributed by atoms with Crippen molar-refractivity contribution in [1.82, 2.24) is 9.21 Å². The van der Waals surface area contributed by atoms with Crippen LogP contribution in [0.15, 0.2) is 53.4 Å². The van der Waals surface area contributed by atoms with Crippen molar-refractivity contribution < 1.29 is 36.2 Å². The van der Waals surface area contributed by atoms with Gasteiger partial charge in [-0.15, -0.1) is 0 Å². The molecule has 0 radical (unpaired) electrons. The molecule has 1 amide bonds. The highest BCUT2D eigenvalue weighted by molar-refractivity contribution is 7.92. The number of benzene rings is 2. The number of carbonyl (C=O) groups excluding carboxylic acids is 1. The molecule has 0 fully saturated rings. The summed E-state index contributed by atoms with van der Waals surface area (Å²) in [6.07, 6.45) is 2.58. The van der Waals surface area contributed by atoms with Crippen LogP contribution in [0.4, 0.5) is 5.69 Å². The second-order valence-corrected chi connectivity index (χ2v) is 14.7. The van der Waals surface area contributed by atoms with Crippen molar-refractivity contribution in [1.29, 1.82) is 0 Å². The standard InChI is InChI=1S/C29H43N3O8S2/c1-21-18-32(22(2)20-33)29(34)26-17-24(30-42(37,38)25-12-7-6-8-13-25)14-15-27(26)40-23(3)11-9-10-16-39-28(21)19-31(4)41(5,35)36/h6-8,12-15,17,21-23,28,30,33H,9-11,16,18-20H2,1-5H3/t21-,22-,23-,28+/m1/s1. The van der Waals surface area contributed by atoms with Gasteiger partial charge in [0.2, 0.25) is 10.0 Å². The molecule has 1 heterocycles. The van der Waals surface area contributed by atoms with Crippen molar-refractivity contribution >= 4 is 31.6 Å². The number of nitrogens with one attached hydrogen (secondary N) is 1. The molecular weight excluding hydrogens is 582 g/mol. The fourth-order valence-electron chi connectivity index (χ4n) is 4.65. The van der Waals surface area contributed by atoms with Crippen molar-refractivity contribution in [2.24, 2.45) is 5.92 Å². The van der Waals surface area contributed by atoms with E-state index in [1.165, 1.54) is 34.5 Å². The molecule has 0 saturated carbocycles. The quantitative estimate of drug-likeness (QED) is 0.456. The van der Waals surface area contributed by atoms with Gasteiger partial charge in [0.1, 0.15) is 5.75 Å². The number of ether oxygens (including phenoxy) is 2. The molecule has 0 unspecified atom stereocenters. The second-order valence-electron chi connectivity index (χ2n) is 11.0. The Kier molecular flexibility index (Phi) is 11.8. The average Bonchev–Trinajstić information content (AvgIpc) is 2.94. The van der Waals surface area contributed by atoms with Crippen LogP contribution in [0.25, 0.3) is 0 Å². The lowest BCUT2D eigenvalue weighted by Crippen LogP contribution is -2.47.